The number of nitrogens with zero attached hydrogens (tertiary/aromatic N) is 2. The molecule has 0 bridgehead atoms. The van der Waals surface area contributed by atoms with Crippen molar-refractivity contribution in [2.75, 3.05) is 13.1 Å². The summed E-state index contributed by atoms with van der Waals surface area (Å²) < 4.78 is 0. The lowest BCUT2D eigenvalue weighted by Gasteiger charge is -2.20. The molecular weight excluding hydrogens is 244 g/mol. The number of hydrogen-bond donors (Lipinski definition) is 1. The Balaban J connectivity index is 2.79. The van der Waals surface area contributed by atoms with Crippen molar-refractivity contribution in [3.63, 3.8) is 0 Å². The Kier molecular flexibility index (Phi) is 4.90. The summed E-state index contributed by atoms with van der Waals surface area (Å²) in [5.41, 5.74) is 0.293. The van der Waals surface area contributed by atoms with Crippen LogP contribution in [0.5, 0.6) is 0 Å². The summed E-state index contributed by atoms with van der Waals surface area (Å²) in [4.78, 5) is 27.7. The van der Waals surface area contributed by atoms with E-state index in [0.29, 0.717) is 17.1 Å². The van der Waals surface area contributed by atoms with Crippen LogP contribution in [0.1, 0.15) is 23.7 Å². The molecular formula is C11H13ClN2O3. The molecule has 0 aromatic carbocycles. The minimum absolute atomic E-state index is 0.0859. The third-order valence-corrected chi connectivity index (χ3v) is 2.59. The van der Waals surface area contributed by atoms with Crippen LogP contribution in [-0.4, -0.2) is 40.0 Å². The first-order valence-electron chi connectivity index (χ1n) is 5.16. The molecule has 5 nitrogen and oxygen atoms in total. The van der Waals surface area contributed by atoms with E-state index in [1.807, 2.05) is 0 Å². The van der Waals surface area contributed by atoms with Crippen LogP contribution in [0.3, 0.4) is 0 Å². The highest BCUT2D eigenvalue weighted by molar-refractivity contribution is 6.33. The van der Waals surface area contributed by atoms with Crippen LogP contribution in [0.2, 0.25) is 5.02 Å². The van der Waals surface area contributed by atoms with Crippen LogP contribution in [0.4, 0.5) is 0 Å². The molecule has 0 spiro atoms. The van der Waals surface area contributed by atoms with Crippen molar-refractivity contribution in [2.24, 2.45) is 0 Å². The molecule has 0 unspecified atom stereocenters. The Morgan fingerprint density at radius 1 is 1.53 bits per heavy atom. The predicted molar refractivity (Wildman–Crippen MR) is 63.1 cm³/mol. The van der Waals surface area contributed by atoms with Gasteiger partial charge in [-0.25, -0.2) is 0 Å². The van der Waals surface area contributed by atoms with E-state index in [1.54, 1.807) is 6.92 Å². The van der Waals surface area contributed by atoms with Crippen molar-refractivity contribution in [2.45, 2.75) is 13.3 Å². The van der Waals surface area contributed by atoms with E-state index in [2.05, 4.69) is 4.98 Å². The van der Waals surface area contributed by atoms with Gasteiger partial charge in [-0.2, -0.15) is 0 Å². The highest BCUT2D eigenvalue weighted by Crippen LogP contribution is 2.15. The van der Waals surface area contributed by atoms with Gasteiger partial charge in [-0.15, -0.1) is 0 Å². The van der Waals surface area contributed by atoms with Crippen molar-refractivity contribution in [1.82, 2.24) is 9.88 Å². The second kappa shape index (κ2) is 6.20. The van der Waals surface area contributed by atoms with Crippen molar-refractivity contribution >= 4 is 23.5 Å². The molecule has 0 atom stereocenters. The Hall–Kier alpha value is -1.62. The first-order chi connectivity index (χ1) is 8.06. The largest absolute Gasteiger partial charge is 0.481 e. The van der Waals surface area contributed by atoms with Crippen LogP contribution < -0.4 is 0 Å². The maximum atomic E-state index is 12.0. The maximum absolute atomic E-state index is 12.0. The van der Waals surface area contributed by atoms with Gasteiger partial charge in [0.2, 0.25) is 0 Å². The number of carboxylic acids is 1. The van der Waals surface area contributed by atoms with E-state index in [4.69, 9.17) is 16.7 Å². The fourth-order valence-electron chi connectivity index (χ4n) is 1.34. The minimum Gasteiger partial charge on any atom is -0.481 e. The zero-order valence-corrected chi connectivity index (χ0v) is 10.1. The molecule has 1 N–H and O–H groups in total. The number of hydrogen-bond acceptors (Lipinski definition) is 3. The van der Waals surface area contributed by atoms with Gasteiger partial charge in [0.05, 0.1) is 17.0 Å². The standard InChI is InChI=1S/C11H13ClN2O3/c1-2-14(6-4-10(15)16)11(17)8-7-13-5-3-9(8)12/h3,5,7H,2,4,6H2,1H3,(H,15,16). The Morgan fingerprint density at radius 3 is 2.76 bits per heavy atom. The average Bonchev–Trinajstić information content (AvgIpc) is 2.29. The molecule has 6 heteroatoms. The summed E-state index contributed by atoms with van der Waals surface area (Å²) in [7, 11) is 0. The molecule has 0 aliphatic carbocycles. The van der Waals surface area contributed by atoms with Crippen LogP contribution in [0, 0.1) is 0 Å². The second-order valence-corrected chi connectivity index (χ2v) is 3.79. The average molecular weight is 257 g/mol. The third kappa shape index (κ3) is 3.71. The highest BCUT2D eigenvalue weighted by atomic mass is 35.5. The van der Waals surface area contributed by atoms with Crippen LogP contribution in [-0.2, 0) is 4.79 Å². The van der Waals surface area contributed by atoms with E-state index in [0.717, 1.165) is 0 Å². The van der Waals surface area contributed by atoms with Gasteiger partial charge in [-0.3, -0.25) is 14.6 Å². The monoisotopic (exact) mass is 256 g/mol. The minimum atomic E-state index is -0.937. The SMILES string of the molecule is CCN(CCC(=O)O)C(=O)c1cnccc1Cl. The number of carbonyl (C=O) groups excluding carboxylic acids is 1. The molecule has 1 amide bonds. The molecule has 0 saturated heterocycles. The Bertz CT molecular complexity index is 423. The first kappa shape index (κ1) is 13.4. The number of carboxylic acid groups (broad SMARTS) is 1. The van der Waals surface area contributed by atoms with Crippen molar-refractivity contribution < 1.29 is 14.7 Å². The fraction of sp³-hybridized carbons (Fsp3) is 0.364. The van der Waals surface area contributed by atoms with Crippen molar-refractivity contribution in [1.29, 1.82) is 0 Å². The number of aromatic nitrogens is 1. The predicted octanol–water partition coefficient (Wildman–Crippen LogP) is 1.67. The van der Waals surface area contributed by atoms with E-state index in [1.165, 1.54) is 23.4 Å². The van der Waals surface area contributed by atoms with Gasteiger partial charge < -0.3 is 10.0 Å². The molecule has 1 aromatic rings. The normalized spacial score (nSPS) is 10.0. The molecule has 0 aliphatic heterocycles. The lowest BCUT2D eigenvalue weighted by Crippen LogP contribution is -2.33. The van der Waals surface area contributed by atoms with E-state index in [-0.39, 0.29) is 18.9 Å². The lowest BCUT2D eigenvalue weighted by molar-refractivity contribution is -0.137. The molecule has 1 rings (SSSR count). The summed E-state index contributed by atoms with van der Waals surface area (Å²) in [6, 6.07) is 1.53. The molecule has 1 aromatic heterocycles. The number of carbonyl (C=O) groups is 2. The molecule has 1 heterocycles. The maximum Gasteiger partial charge on any atom is 0.305 e. The lowest BCUT2D eigenvalue weighted by atomic mass is 10.2. The van der Waals surface area contributed by atoms with Gasteiger partial charge in [0.25, 0.3) is 5.91 Å². The number of halogens is 1. The zero-order valence-electron chi connectivity index (χ0n) is 9.39. The van der Waals surface area contributed by atoms with Gasteiger partial charge in [0.15, 0.2) is 0 Å². The molecule has 0 radical (unpaired) electrons. The van der Waals surface area contributed by atoms with Gasteiger partial charge in [0.1, 0.15) is 0 Å². The van der Waals surface area contributed by atoms with Crippen LogP contribution in [0.15, 0.2) is 18.5 Å². The third-order valence-electron chi connectivity index (χ3n) is 2.26. The summed E-state index contributed by atoms with van der Waals surface area (Å²) in [5.74, 6) is -1.24. The molecule has 17 heavy (non-hydrogen) atoms. The summed E-state index contributed by atoms with van der Waals surface area (Å²) >= 11 is 5.88. The van der Waals surface area contributed by atoms with Gasteiger partial charge in [0, 0.05) is 25.5 Å². The number of rotatable bonds is 5. The fourth-order valence-corrected chi connectivity index (χ4v) is 1.53. The molecule has 0 fully saturated rings. The van der Waals surface area contributed by atoms with Gasteiger partial charge in [-0.1, -0.05) is 11.6 Å². The zero-order chi connectivity index (χ0) is 12.8. The molecule has 0 saturated carbocycles. The van der Waals surface area contributed by atoms with Crippen molar-refractivity contribution in [3.8, 4) is 0 Å². The van der Waals surface area contributed by atoms with Gasteiger partial charge in [-0.05, 0) is 13.0 Å². The van der Waals surface area contributed by atoms with Gasteiger partial charge >= 0.3 is 5.97 Å². The van der Waals surface area contributed by atoms with Crippen molar-refractivity contribution in [3.05, 3.63) is 29.0 Å². The smallest absolute Gasteiger partial charge is 0.305 e. The second-order valence-electron chi connectivity index (χ2n) is 3.38. The molecule has 0 aliphatic rings. The topological polar surface area (TPSA) is 70.5 Å². The quantitative estimate of drug-likeness (QED) is 0.870. The number of amides is 1. The summed E-state index contributed by atoms with van der Waals surface area (Å²) in [5, 5.41) is 8.91. The highest BCUT2D eigenvalue weighted by Gasteiger charge is 2.17. The Labute approximate surface area is 104 Å². The number of pyridine rings is 1. The first-order valence-corrected chi connectivity index (χ1v) is 5.54. The van der Waals surface area contributed by atoms with Crippen LogP contribution >= 0.6 is 11.6 Å². The summed E-state index contributed by atoms with van der Waals surface area (Å²) in [6.07, 6.45) is 2.79. The van der Waals surface area contributed by atoms with E-state index < -0.39 is 5.97 Å². The molecule has 92 valence electrons. The Morgan fingerprint density at radius 2 is 2.24 bits per heavy atom. The summed E-state index contributed by atoms with van der Waals surface area (Å²) in [6.45, 7) is 2.37. The number of aliphatic carboxylic acids is 1. The van der Waals surface area contributed by atoms with Crippen LogP contribution in [0.25, 0.3) is 0 Å². The van der Waals surface area contributed by atoms with E-state index >= 15 is 0 Å². The van der Waals surface area contributed by atoms with E-state index in [9.17, 15) is 9.59 Å².